The summed E-state index contributed by atoms with van der Waals surface area (Å²) in [5, 5.41) is 12.5. The van der Waals surface area contributed by atoms with Gasteiger partial charge in [0.25, 0.3) is 0 Å². The van der Waals surface area contributed by atoms with Crippen LogP contribution in [0.4, 0.5) is 0 Å². The van der Waals surface area contributed by atoms with Crippen LogP contribution in [0, 0.1) is 0 Å². The fourth-order valence-electron chi connectivity index (χ4n) is 2.00. The van der Waals surface area contributed by atoms with Crippen molar-refractivity contribution in [2.24, 2.45) is 0 Å². The summed E-state index contributed by atoms with van der Waals surface area (Å²) in [6.45, 7) is 0.0760. The number of aliphatic hydroxyl groups excluding tert-OH is 1. The summed E-state index contributed by atoms with van der Waals surface area (Å²) >= 11 is 0. The smallest absolute Gasteiger partial charge is 0.0708 e. The maximum atomic E-state index is 9.15. The van der Waals surface area contributed by atoms with Gasteiger partial charge in [0.05, 0.1) is 12.1 Å². The van der Waals surface area contributed by atoms with Crippen LogP contribution in [0.3, 0.4) is 0 Å². The van der Waals surface area contributed by atoms with Gasteiger partial charge in [0.1, 0.15) is 0 Å². The molecule has 0 fully saturated rings. The van der Waals surface area contributed by atoms with Crippen LogP contribution >= 0.6 is 0 Å². The van der Waals surface area contributed by atoms with Gasteiger partial charge in [-0.25, -0.2) is 0 Å². The Morgan fingerprint density at radius 2 is 1.88 bits per heavy atom. The van der Waals surface area contributed by atoms with Crippen LogP contribution in [-0.4, -0.2) is 10.1 Å². The molecule has 2 heteroatoms. The molecule has 0 radical (unpaired) electrons. The number of pyridine rings is 1. The topological polar surface area (TPSA) is 33.1 Å². The van der Waals surface area contributed by atoms with Gasteiger partial charge in [-0.05, 0) is 23.1 Å². The predicted molar refractivity (Wildman–Crippen MR) is 65.2 cm³/mol. The maximum absolute atomic E-state index is 9.15. The highest BCUT2D eigenvalue weighted by Gasteiger charge is 2.01. The molecule has 0 saturated heterocycles. The second-order valence-corrected chi connectivity index (χ2v) is 3.86. The van der Waals surface area contributed by atoms with E-state index >= 15 is 0 Å². The van der Waals surface area contributed by atoms with Crippen LogP contribution in [0.15, 0.2) is 48.7 Å². The fraction of sp³-hybridized carbons (Fsp3) is 0.0714. The Labute approximate surface area is 93.2 Å². The Morgan fingerprint density at radius 1 is 1.00 bits per heavy atom. The van der Waals surface area contributed by atoms with Crippen LogP contribution in [-0.2, 0) is 6.61 Å². The first-order valence-electron chi connectivity index (χ1n) is 5.26. The van der Waals surface area contributed by atoms with Gasteiger partial charge in [-0.15, -0.1) is 0 Å². The second-order valence-electron chi connectivity index (χ2n) is 3.86. The molecule has 3 aromatic rings. The van der Waals surface area contributed by atoms with Crippen LogP contribution in [0.1, 0.15) is 5.56 Å². The van der Waals surface area contributed by atoms with Crippen molar-refractivity contribution in [2.75, 3.05) is 0 Å². The lowest BCUT2D eigenvalue weighted by Crippen LogP contribution is -1.85. The average Bonchev–Trinajstić information content (AvgIpc) is 2.38. The van der Waals surface area contributed by atoms with Gasteiger partial charge in [-0.2, -0.15) is 0 Å². The molecule has 1 N–H and O–H groups in total. The Kier molecular flexibility index (Phi) is 2.08. The van der Waals surface area contributed by atoms with Gasteiger partial charge >= 0.3 is 0 Å². The lowest BCUT2D eigenvalue weighted by molar-refractivity contribution is 0.282. The van der Waals surface area contributed by atoms with Crippen LogP contribution in [0.25, 0.3) is 21.7 Å². The van der Waals surface area contributed by atoms with Crippen molar-refractivity contribution in [3.05, 3.63) is 54.2 Å². The van der Waals surface area contributed by atoms with E-state index in [-0.39, 0.29) is 6.61 Å². The molecule has 0 aliphatic heterocycles. The molecule has 0 amide bonds. The number of nitrogens with zero attached hydrogens (tertiary/aromatic N) is 1. The first-order valence-corrected chi connectivity index (χ1v) is 5.26. The van der Waals surface area contributed by atoms with Crippen LogP contribution in [0.5, 0.6) is 0 Å². The third-order valence-electron chi connectivity index (χ3n) is 2.84. The third kappa shape index (κ3) is 1.35. The maximum Gasteiger partial charge on any atom is 0.0708 e. The highest BCUT2D eigenvalue weighted by molar-refractivity contribution is 6.05. The number of hydrogen-bond acceptors (Lipinski definition) is 2. The molecule has 0 unspecified atom stereocenters. The van der Waals surface area contributed by atoms with Crippen molar-refractivity contribution in [3.63, 3.8) is 0 Å². The molecule has 1 heterocycles. The lowest BCUT2D eigenvalue weighted by Gasteiger charge is -2.04. The Hall–Kier alpha value is -1.93. The lowest BCUT2D eigenvalue weighted by atomic mass is 10.0. The summed E-state index contributed by atoms with van der Waals surface area (Å²) in [7, 11) is 0. The Balaban J connectivity index is 2.47. The molecule has 3 rings (SSSR count). The van der Waals surface area contributed by atoms with E-state index in [1.54, 1.807) is 0 Å². The fourth-order valence-corrected chi connectivity index (χ4v) is 2.00. The van der Waals surface area contributed by atoms with E-state index < -0.39 is 0 Å². The van der Waals surface area contributed by atoms with Gasteiger partial charge in [0, 0.05) is 17.0 Å². The monoisotopic (exact) mass is 209 g/mol. The summed E-state index contributed by atoms with van der Waals surface area (Å²) in [6.07, 6.45) is 1.87. The third-order valence-corrected chi connectivity index (χ3v) is 2.84. The number of benzene rings is 2. The standard InChI is InChI=1S/C14H11NO/c16-9-10-5-6-11-8-15-14-4-2-1-3-12(14)13(11)7-10/h1-8,16H,9H2. The minimum atomic E-state index is 0.0760. The van der Waals surface area contributed by atoms with Gasteiger partial charge in [0.2, 0.25) is 0 Å². The minimum absolute atomic E-state index is 0.0760. The first kappa shape index (κ1) is 9.31. The zero-order valence-corrected chi connectivity index (χ0v) is 8.72. The largest absolute Gasteiger partial charge is 0.392 e. The van der Waals surface area contributed by atoms with Crippen molar-refractivity contribution >= 4 is 21.7 Å². The van der Waals surface area contributed by atoms with Crippen molar-refractivity contribution < 1.29 is 5.11 Å². The molecular formula is C14H11NO. The van der Waals surface area contributed by atoms with E-state index in [0.29, 0.717) is 0 Å². The molecule has 2 nitrogen and oxygen atoms in total. The van der Waals surface area contributed by atoms with Crippen LogP contribution < -0.4 is 0 Å². The van der Waals surface area contributed by atoms with Crippen LogP contribution in [0.2, 0.25) is 0 Å². The zero-order valence-electron chi connectivity index (χ0n) is 8.72. The summed E-state index contributed by atoms with van der Waals surface area (Å²) in [5.74, 6) is 0. The van der Waals surface area contributed by atoms with Gasteiger partial charge < -0.3 is 5.11 Å². The Morgan fingerprint density at radius 3 is 2.75 bits per heavy atom. The number of fused-ring (bicyclic) bond motifs is 3. The number of aliphatic hydroxyl groups is 1. The second kappa shape index (κ2) is 3.58. The predicted octanol–water partition coefficient (Wildman–Crippen LogP) is 2.88. The number of para-hydroxylation sites is 1. The molecule has 0 aliphatic rings. The van der Waals surface area contributed by atoms with E-state index in [2.05, 4.69) is 11.1 Å². The van der Waals surface area contributed by atoms with Crippen molar-refractivity contribution in [3.8, 4) is 0 Å². The molecule has 1 aromatic heterocycles. The number of hydrogen-bond donors (Lipinski definition) is 1. The SMILES string of the molecule is OCc1ccc2cnc3ccccc3c2c1. The summed E-state index contributed by atoms with van der Waals surface area (Å²) in [4.78, 5) is 4.40. The average molecular weight is 209 g/mol. The van der Waals surface area contributed by atoms with E-state index in [1.165, 1.54) is 0 Å². The normalized spacial score (nSPS) is 11.1. The molecule has 0 spiro atoms. The molecule has 0 atom stereocenters. The molecule has 16 heavy (non-hydrogen) atoms. The van der Waals surface area contributed by atoms with Crippen molar-refractivity contribution in [1.29, 1.82) is 0 Å². The molecule has 78 valence electrons. The van der Waals surface area contributed by atoms with Gasteiger partial charge in [-0.1, -0.05) is 30.3 Å². The highest BCUT2D eigenvalue weighted by atomic mass is 16.3. The quantitative estimate of drug-likeness (QED) is 0.625. The molecule has 0 aliphatic carbocycles. The molecule has 2 aromatic carbocycles. The molecule has 0 saturated carbocycles. The van der Waals surface area contributed by atoms with E-state index in [4.69, 9.17) is 5.11 Å². The summed E-state index contributed by atoms with van der Waals surface area (Å²) < 4.78 is 0. The summed E-state index contributed by atoms with van der Waals surface area (Å²) in [6, 6.07) is 14.0. The van der Waals surface area contributed by atoms with Crippen molar-refractivity contribution in [1.82, 2.24) is 4.98 Å². The summed E-state index contributed by atoms with van der Waals surface area (Å²) in [5.41, 5.74) is 1.92. The zero-order chi connectivity index (χ0) is 11.0. The van der Waals surface area contributed by atoms with E-state index in [1.807, 2.05) is 42.6 Å². The van der Waals surface area contributed by atoms with Gasteiger partial charge in [-0.3, -0.25) is 4.98 Å². The minimum Gasteiger partial charge on any atom is -0.392 e. The Bertz CT molecular complexity index is 661. The highest BCUT2D eigenvalue weighted by Crippen LogP contribution is 2.24. The van der Waals surface area contributed by atoms with Crippen molar-refractivity contribution in [2.45, 2.75) is 6.61 Å². The van der Waals surface area contributed by atoms with Gasteiger partial charge in [0.15, 0.2) is 0 Å². The first-order chi connectivity index (χ1) is 7.88. The number of rotatable bonds is 1. The molecular weight excluding hydrogens is 198 g/mol. The van der Waals surface area contributed by atoms with E-state index in [9.17, 15) is 0 Å². The molecule has 0 bridgehead atoms. The number of aromatic nitrogens is 1. The van der Waals surface area contributed by atoms with E-state index in [0.717, 1.165) is 27.2 Å².